The number of rotatable bonds is 5. The predicted molar refractivity (Wildman–Crippen MR) is 96.0 cm³/mol. The van der Waals surface area contributed by atoms with Crippen molar-refractivity contribution in [1.29, 1.82) is 0 Å². The second-order valence-electron chi connectivity index (χ2n) is 6.27. The van der Waals surface area contributed by atoms with Crippen LogP contribution in [-0.4, -0.2) is 57.8 Å². The van der Waals surface area contributed by atoms with E-state index >= 15 is 0 Å². The van der Waals surface area contributed by atoms with E-state index in [1.807, 2.05) is 28.8 Å². The van der Waals surface area contributed by atoms with Crippen LogP contribution in [0.1, 0.15) is 18.2 Å². The third-order valence-corrected chi connectivity index (χ3v) is 5.09. The monoisotopic (exact) mass is 347 g/mol. The molecule has 0 bridgehead atoms. The molecule has 6 nitrogen and oxygen atoms in total. The number of nitrogens with one attached hydrogen (secondary N) is 1. The Hall–Kier alpha value is -1.86. The van der Waals surface area contributed by atoms with Crippen LogP contribution in [-0.2, 0) is 13.1 Å². The third-order valence-electron chi connectivity index (χ3n) is 4.23. The van der Waals surface area contributed by atoms with Gasteiger partial charge >= 0.3 is 6.03 Å². The van der Waals surface area contributed by atoms with Gasteiger partial charge in [0, 0.05) is 56.0 Å². The molecule has 24 heavy (non-hydrogen) atoms. The zero-order valence-corrected chi connectivity index (χ0v) is 14.9. The molecule has 0 spiro atoms. The second-order valence-corrected chi connectivity index (χ2v) is 7.31. The molecule has 2 aromatic rings. The van der Waals surface area contributed by atoms with Gasteiger partial charge in [0.05, 0.1) is 6.54 Å². The Morgan fingerprint density at radius 3 is 3.00 bits per heavy atom. The van der Waals surface area contributed by atoms with E-state index in [4.69, 9.17) is 0 Å². The lowest BCUT2D eigenvalue weighted by Crippen LogP contribution is -2.46. The van der Waals surface area contributed by atoms with Crippen molar-refractivity contribution < 1.29 is 4.79 Å². The summed E-state index contributed by atoms with van der Waals surface area (Å²) >= 11 is 1.80. The summed E-state index contributed by atoms with van der Waals surface area (Å²) in [5.41, 5.74) is 0. The van der Waals surface area contributed by atoms with Crippen molar-refractivity contribution in [2.75, 3.05) is 26.2 Å². The third kappa shape index (κ3) is 4.82. The van der Waals surface area contributed by atoms with Crippen molar-refractivity contribution in [3.8, 4) is 0 Å². The minimum absolute atomic E-state index is 0.0348. The molecular weight excluding hydrogens is 322 g/mol. The van der Waals surface area contributed by atoms with E-state index in [1.54, 1.807) is 17.5 Å². The van der Waals surface area contributed by atoms with Crippen molar-refractivity contribution in [2.45, 2.75) is 32.5 Å². The molecule has 7 heteroatoms. The molecule has 130 valence electrons. The summed E-state index contributed by atoms with van der Waals surface area (Å²) in [5.74, 6) is 0. The molecule has 0 aromatic carbocycles. The van der Waals surface area contributed by atoms with Crippen molar-refractivity contribution in [1.82, 2.24) is 24.9 Å². The van der Waals surface area contributed by atoms with E-state index in [0.29, 0.717) is 6.54 Å². The molecule has 0 radical (unpaired) electrons. The largest absolute Gasteiger partial charge is 0.334 e. The number of aromatic nitrogens is 2. The number of urea groups is 1. The maximum absolute atomic E-state index is 12.5. The fourth-order valence-corrected chi connectivity index (χ4v) is 3.74. The number of hydrogen-bond donors (Lipinski definition) is 1. The van der Waals surface area contributed by atoms with Crippen LogP contribution in [0.15, 0.2) is 36.0 Å². The molecule has 1 atom stereocenters. The van der Waals surface area contributed by atoms with E-state index < -0.39 is 0 Å². The van der Waals surface area contributed by atoms with Crippen molar-refractivity contribution >= 4 is 17.4 Å². The SMILES string of the molecule is C[C@H](Cn1cccn1)NC(=O)N1CCCN(Cc2cccs2)CC1. The molecule has 2 aromatic heterocycles. The van der Waals surface area contributed by atoms with Crippen LogP contribution in [0.3, 0.4) is 0 Å². The lowest BCUT2D eigenvalue weighted by molar-refractivity contribution is 0.193. The van der Waals surface area contributed by atoms with E-state index in [2.05, 4.69) is 32.8 Å². The number of carbonyl (C=O) groups is 1. The van der Waals surface area contributed by atoms with Gasteiger partial charge in [-0.15, -0.1) is 11.3 Å². The highest BCUT2D eigenvalue weighted by Crippen LogP contribution is 2.13. The summed E-state index contributed by atoms with van der Waals surface area (Å²) in [6, 6.07) is 6.26. The highest BCUT2D eigenvalue weighted by atomic mass is 32.1. The molecule has 3 heterocycles. The van der Waals surface area contributed by atoms with E-state index in [1.165, 1.54) is 4.88 Å². The average molecular weight is 347 g/mol. The van der Waals surface area contributed by atoms with Crippen LogP contribution in [0.25, 0.3) is 0 Å². The van der Waals surface area contributed by atoms with Crippen LogP contribution in [0.2, 0.25) is 0 Å². The summed E-state index contributed by atoms with van der Waals surface area (Å²) in [7, 11) is 0. The van der Waals surface area contributed by atoms with Gasteiger partial charge in [0.15, 0.2) is 0 Å². The molecule has 1 saturated heterocycles. The van der Waals surface area contributed by atoms with E-state index in [9.17, 15) is 4.79 Å². The van der Waals surface area contributed by atoms with Crippen LogP contribution in [0.4, 0.5) is 4.79 Å². The molecule has 2 amide bonds. The zero-order chi connectivity index (χ0) is 16.8. The number of amides is 2. The van der Waals surface area contributed by atoms with Gasteiger partial charge in [0.25, 0.3) is 0 Å². The molecule has 3 rings (SSSR count). The first-order valence-electron chi connectivity index (χ1n) is 8.48. The highest BCUT2D eigenvalue weighted by Gasteiger charge is 2.20. The van der Waals surface area contributed by atoms with Crippen molar-refractivity contribution in [3.63, 3.8) is 0 Å². The maximum Gasteiger partial charge on any atom is 0.317 e. The van der Waals surface area contributed by atoms with Crippen LogP contribution < -0.4 is 5.32 Å². The fourth-order valence-electron chi connectivity index (χ4n) is 2.99. The summed E-state index contributed by atoms with van der Waals surface area (Å²) in [6.45, 7) is 7.27. The zero-order valence-electron chi connectivity index (χ0n) is 14.1. The highest BCUT2D eigenvalue weighted by molar-refractivity contribution is 7.09. The summed E-state index contributed by atoms with van der Waals surface area (Å²) < 4.78 is 1.84. The van der Waals surface area contributed by atoms with E-state index in [-0.39, 0.29) is 12.1 Å². The average Bonchev–Trinajstić information content (AvgIpc) is 3.19. The van der Waals surface area contributed by atoms with Gasteiger partial charge < -0.3 is 10.2 Å². The fraction of sp³-hybridized carbons (Fsp3) is 0.529. The Morgan fingerprint density at radius 2 is 2.25 bits per heavy atom. The molecule has 0 aliphatic carbocycles. The molecule has 1 fully saturated rings. The smallest absolute Gasteiger partial charge is 0.317 e. The first-order valence-corrected chi connectivity index (χ1v) is 9.36. The Kier molecular flexibility index (Phi) is 5.87. The number of carbonyl (C=O) groups excluding carboxylic acids is 1. The van der Waals surface area contributed by atoms with Gasteiger partial charge in [-0.05, 0) is 30.9 Å². The summed E-state index contributed by atoms with van der Waals surface area (Å²) in [4.78, 5) is 18.2. The summed E-state index contributed by atoms with van der Waals surface area (Å²) in [5, 5.41) is 9.39. The van der Waals surface area contributed by atoms with Crippen LogP contribution >= 0.6 is 11.3 Å². The van der Waals surface area contributed by atoms with Crippen LogP contribution in [0.5, 0.6) is 0 Å². The molecule has 1 aliphatic rings. The molecule has 1 N–H and O–H groups in total. The predicted octanol–water partition coefficient (Wildman–Crippen LogP) is 2.25. The topological polar surface area (TPSA) is 53.4 Å². The number of hydrogen-bond acceptors (Lipinski definition) is 4. The quantitative estimate of drug-likeness (QED) is 0.903. The van der Waals surface area contributed by atoms with Gasteiger partial charge in [-0.25, -0.2) is 4.79 Å². The van der Waals surface area contributed by atoms with Gasteiger partial charge in [0.1, 0.15) is 0 Å². The van der Waals surface area contributed by atoms with Crippen molar-refractivity contribution in [3.05, 3.63) is 40.8 Å². The Balaban J connectivity index is 1.45. The minimum Gasteiger partial charge on any atom is -0.334 e. The van der Waals surface area contributed by atoms with Crippen molar-refractivity contribution in [2.24, 2.45) is 0 Å². The Morgan fingerprint density at radius 1 is 1.33 bits per heavy atom. The van der Waals surface area contributed by atoms with Crippen LogP contribution in [0, 0.1) is 0 Å². The first kappa shape index (κ1) is 17.0. The number of thiophene rings is 1. The lowest BCUT2D eigenvalue weighted by atomic mass is 10.3. The Labute approximate surface area is 147 Å². The standard InChI is InChI=1S/C17H25N5OS/c1-15(13-22-9-3-6-18-22)19-17(23)21-8-4-7-20(10-11-21)14-16-5-2-12-24-16/h2-3,5-6,9,12,15H,4,7-8,10-11,13-14H2,1H3,(H,19,23)/t15-/m1/s1. The van der Waals surface area contributed by atoms with Gasteiger partial charge in [-0.3, -0.25) is 9.58 Å². The molecule has 1 aliphatic heterocycles. The van der Waals surface area contributed by atoms with Gasteiger partial charge in [-0.2, -0.15) is 5.10 Å². The molecular formula is C17H25N5OS. The number of nitrogens with zero attached hydrogens (tertiary/aromatic N) is 4. The second kappa shape index (κ2) is 8.30. The summed E-state index contributed by atoms with van der Waals surface area (Å²) in [6.07, 6.45) is 4.69. The first-order chi connectivity index (χ1) is 11.7. The van der Waals surface area contributed by atoms with Gasteiger partial charge in [-0.1, -0.05) is 6.07 Å². The molecule has 0 saturated carbocycles. The van der Waals surface area contributed by atoms with E-state index in [0.717, 1.165) is 39.1 Å². The Bertz CT molecular complexity index is 613. The molecule has 0 unspecified atom stereocenters. The lowest BCUT2D eigenvalue weighted by Gasteiger charge is -2.24. The van der Waals surface area contributed by atoms with Gasteiger partial charge in [0.2, 0.25) is 0 Å². The maximum atomic E-state index is 12.5. The normalized spacial score (nSPS) is 17.5. The minimum atomic E-state index is 0.0348.